The molecule has 0 bridgehead atoms. The summed E-state index contributed by atoms with van der Waals surface area (Å²) in [5, 5.41) is 3.48. The van der Waals surface area contributed by atoms with Crippen LogP contribution in [0.1, 0.15) is 18.4 Å². The minimum absolute atomic E-state index is 0.137. The van der Waals surface area contributed by atoms with E-state index < -0.39 is 10.0 Å². The molecule has 0 atom stereocenters. The molecule has 144 valence electrons. The number of amides is 1. The van der Waals surface area contributed by atoms with Crippen molar-refractivity contribution in [1.82, 2.24) is 4.31 Å². The number of carbonyl (C=O) groups excluding carboxylic acids is 1. The van der Waals surface area contributed by atoms with E-state index in [1.54, 1.807) is 24.3 Å². The molecule has 1 aliphatic heterocycles. The van der Waals surface area contributed by atoms with E-state index in [0.29, 0.717) is 35.3 Å². The predicted molar refractivity (Wildman–Crippen MR) is 111 cm³/mol. The van der Waals surface area contributed by atoms with Crippen molar-refractivity contribution >= 4 is 45.0 Å². The van der Waals surface area contributed by atoms with Gasteiger partial charge in [0.25, 0.3) is 0 Å². The Balaban J connectivity index is 1.52. The molecule has 0 radical (unpaired) electrons. The van der Waals surface area contributed by atoms with Crippen LogP contribution in [0.25, 0.3) is 0 Å². The van der Waals surface area contributed by atoms with Gasteiger partial charge in [-0.3, -0.25) is 4.79 Å². The van der Waals surface area contributed by atoms with Gasteiger partial charge in [0.05, 0.1) is 10.6 Å². The number of thioether (sulfide) groups is 1. The number of hydrogen-bond acceptors (Lipinski definition) is 4. The van der Waals surface area contributed by atoms with Crippen molar-refractivity contribution in [2.24, 2.45) is 0 Å². The molecule has 1 N–H and O–H groups in total. The number of rotatable bonds is 7. The molecular formula is C19H21ClN2O3S2. The lowest BCUT2D eigenvalue weighted by atomic mass is 10.2. The monoisotopic (exact) mass is 424 g/mol. The maximum absolute atomic E-state index is 12.5. The fourth-order valence-corrected chi connectivity index (χ4v) is 5.48. The van der Waals surface area contributed by atoms with E-state index >= 15 is 0 Å². The van der Waals surface area contributed by atoms with Crippen molar-refractivity contribution in [3.8, 4) is 0 Å². The van der Waals surface area contributed by atoms with Crippen molar-refractivity contribution < 1.29 is 13.2 Å². The van der Waals surface area contributed by atoms with Crippen LogP contribution < -0.4 is 5.32 Å². The second kappa shape index (κ2) is 9.10. The van der Waals surface area contributed by atoms with E-state index in [4.69, 9.17) is 11.6 Å². The molecule has 3 rings (SSSR count). The van der Waals surface area contributed by atoms with Gasteiger partial charge in [-0.05, 0) is 48.7 Å². The average molecular weight is 425 g/mol. The number of sulfonamides is 1. The van der Waals surface area contributed by atoms with Crippen LogP contribution >= 0.6 is 23.4 Å². The number of nitrogens with zero attached hydrogens (tertiary/aromatic N) is 1. The zero-order valence-corrected chi connectivity index (χ0v) is 17.1. The number of benzene rings is 2. The number of carbonyl (C=O) groups is 1. The van der Waals surface area contributed by atoms with E-state index in [0.717, 1.165) is 18.4 Å². The highest BCUT2D eigenvalue weighted by Crippen LogP contribution is 2.23. The third-order valence-corrected chi connectivity index (χ3v) is 7.55. The Labute approximate surface area is 169 Å². The summed E-state index contributed by atoms with van der Waals surface area (Å²) < 4.78 is 26.5. The van der Waals surface area contributed by atoms with Crippen molar-refractivity contribution in [1.29, 1.82) is 0 Å². The third kappa shape index (κ3) is 5.25. The van der Waals surface area contributed by atoms with E-state index in [1.165, 1.54) is 16.1 Å². The second-order valence-electron chi connectivity index (χ2n) is 6.27. The molecular weight excluding hydrogens is 404 g/mol. The quantitative estimate of drug-likeness (QED) is 0.729. The van der Waals surface area contributed by atoms with E-state index in [-0.39, 0.29) is 10.8 Å². The zero-order valence-electron chi connectivity index (χ0n) is 14.7. The van der Waals surface area contributed by atoms with Gasteiger partial charge in [-0.25, -0.2) is 8.42 Å². The van der Waals surface area contributed by atoms with Crippen LogP contribution in [-0.2, 0) is 20.6 Å². The summed E-state index contributed by atoms with van der Waals surface area (Å²) in [5.41, 5.74) is 1.58. The molecule has 1 saturated heterocycles. The highest BCUT2D eigenvalue weighted by molar-refractivity contribution is 7.99. The van der Waals surface area contributed by atoms with Crippen LogP contribution in [0.15, 0.2) is 53.4 Å². The highest BCUT2D eigenvalue weighted by Gasteiger charge is 2.26. The van der Waals surface area contributed by atoms with Gasteiger partial charge in [-0.2, -0.15) is 4.31 Å². The number of hydrogen-bond donors (Lipinski definition) is 1. The van der Waals surface area contributed by atoms with Gasteiger partial charge >= 0.3 is 0 Å². The standard InChI is InChI=1S/C19H21ClN2O3S2/c20-18-6-2-1-5-15(18)13-26-14-19(23)21-16-7-9-17(10-8-16)27(24,25)22-11-3-4-12-22/h1-2,5-10H,3-4,11-14H2,(H,21,23). The third-order valence-electron chi connectivity index (χ3n) is 4.29. The SMILES string of the molecule is O=C(CSCc1ccccc1Cl)Nc1ccc(S(=O)(=O)N2CCCC2)cc1. The number of nitrogens with one attached hydrogen (secondary N) is 1. The predicted octanol–water partition coefficient (Wildman–Crippen LogP) is 4.00. The summed E-state index contributed by atoms with van der Waals surface area (Å²) in [4.78, 5) is 12.3. The summed E-state index contributed by atoms with van der Waals surface area (Å²) in [7, 11) is -3.43. The lowest BCUT2D eigenvalue weighted by molar-refractivity contribution is -0.113. The lowest BCUT2D eigenvalue weighted by Crippen LogP contribution is -2.27. The minimum atomic E-state index is -3.43. The Morgan fingerprint density at radius 1 is 1.07 bits per heavy atom. The summed E-state index contributed by atoms with van der Waals surface area (Å²) in [5.74, 6) is 0.807. The molecule has 0 aliphatic carbocycles. The van der Waals surface area contributed by atoms with Crippen molar-refractivity contribution in [2.45, 2.75) is 23.5 Å². The molecule has 0 spiro atoms. The average Bonchev–Trinajstić information content (AvgIpc) is 3.19. The molecule has 5 nitrogen and oxygen atoms in total. The number of halogens is 1. The first-order valence-corrected chi connectivity index (χ1v) is 11.7. The molecule has 8 heteroatoms. The van der Waals surface area contributed by atoms with Gasteiger partial charge in [-0.15, -0.1) is 11.8 Å². The molecule has 0 saturated carbocycles. The topological polar surface area (TPSA) is 66.5 Å². The molecule has 1 amide bonds. The molecule has 2 aromatic rings. The fourth-order valence-electron chi connectivity index (χ4n) is 2.85. The highest BCUT2D eigenvalue weighted by atomic mass is 35.5. The van der Waals surface area contributed by atoms with E-state index in [1.807, 2.05) is 24.3 Å². The van der Waals surface area contributed by atoms with Gasteiger partial charge < -0.3 is 5.32 Å². The van der Waals surface area contributed by atoms with Gasteiger partial charge in [0.15, 0.2) is 0 Å². The van der Waals surface area contributed by atoms with Gasteiger partial charge in [-0.1, -0.05) is 29.8 Å². The minimum Gasteiger partial charge on any atom is -0.325 e. The molecule has 1 fully saturated rings. The summed E-state index contributed by atoms with van der Waals surface area (Å²) in [6, 6.07) is 13.9. The van der Waals surface area contributed by atoms with Crippen molar-refractivity contribution in [3.05, 3.63) is 59.1 Å². The summed E-state index contributed by atoms with van der Waals surface area (Å²) >= 11 is 7.57. The lowest BCUT2D eigenvalue weighted by Gasteiger charge is -2.15. The molecule has 27 heavy (non-hydrogen) atoms. The van der Waals surface area contributed by atoms with Crippen LogP contribution in [0.5, 0.6) is 0 Å². The van der Waals surface area contributed by atoms with Crippen molar-refractivity contribution in [3.63, 3.8) is 0 Å². The summed E-state index contributed by atoms with van der Waals surface area (Å²) in [6.45, 7) is 1.15. The first-order chi connectivity index (χ1) is 13.0. The molecule has 0 unspecified atom stereocenters. The van der Waals surface area contributed by atoms with Crippen LogP contribution in [0.3, 0.4) is 0 Å². The summed E-state index contributed by atoms with van der Waals surface area (Å²) in [6.07, 6.45) is 1.80. The van der Waals surface area contributed by atoms with Crippen LogP contribution in [0.2, 0.25) is 5.02 Å². The van der Waals surface area contributed by atoms with E-state index in [9.17, 15) is 13.2 Å². The Morgan fingerprint density at radius 3 is 2.41 bits per heavy atom. The van der Waals surface area contributed by atoms with Gasteiger partial charge in [0, 0.05) is 29.6 Å². The van der Waals surface area contributed by atoms with Gasteiger partial charge in [0.2, 0.25) is 15.9 Å². The molecule has 2 aromatic carbocycles. The van der Waals surface area contributed by atoms with Crippen LogP contribution in [0.4, 0.5) is 5.69 Å². The maximum atomic E-state index is 12.5. The largest absolute Gasteiger partial charge is 0.325 e. The maximum Gasteiger partial charge on any atom is 0.243 e. The second-order valence-corrected chi connectivity index (χ2v) is 9.60. The fraction of sp³-hybridized carbons (Fsp3) is 0.316. The molecule has 1 aliphatic rings. The first-order valence-electron chi connectivity index (χ1n) is 8.68. The molecule has 1 heterocycles. The Kier molecular flexibility index (Phi) is 6.81. The van der Waals surface area contributed by atoms with Crippen LogP contribution in [-0.4, -0.2) is 37.5 Å². The Hall–Kier alpha value is -1.54. The van der Waals surface area contributed by atoms with Crippen LogP contribution in [0, 0.1) is 0 Å². The zero-order chi connectivity index (χ0) is 19.3. The smallest absolute Gasteiger partial charge is 0.243 e. The first kappa shape index (κ1) is 20.2. The van der Waals surface area contributed by atoms with Gasteiger partial charge in [0.1, 0.15) is 0 Å². The van der Waals surface area contributed by atoms with E-state index in [2.05, 4.69) is 5.32 Å². The molecule has 0 aromatic heterocycles. The Morgan fingerprint density at radius 2 is 1.74 bits per heavy atom. The number of anilines is 1. The van der Waals surface area contributed by atoms with Crippen molar-refractivity contribution in [2.75, 3.05) is 24.2 Å². The normalized spacial score (nSPS) is 15.0. The Bertz CT molecular complexity index is 895.